The first-order chi connectivity index (χ1) is 17.3. The normalized spacial score (nSPS) is 12.8. The number of aromatic hydroxyl groups is 1. The maximum atomic E-state index is 12.3. The molecule has 0 bridgehead atoms. The molecule has 0 aliphatic heterocycles. The molecule has 0 spiro atoms. The molecular formula is C28H32Cl2N2O4. The first-order valence-electron chi connectivity index (χ1n) is 11.9. The number of halogens is 2. The van der Waals surface area contributed by atoms with Crippen molar-refractivity contribution in [2.75, 3.05) is 6.54 Å². The SMILES string of the molecule is C[C@H](Cc1cccc(CCC(=O)NCc2c(Cl)cccc2Cl)c1)NC[C@H](O)c1ccc(O)c(CO)c1. The van der Waals surface area contributed by atoms with Gasteiger partial charge in [-0.1, -0.05) is 59.6 Å². The van der Waals surface area contributed by atoms with Crippen LogP contribution in [0.25, 0.3) is 0 Å². The largest absolute Gasteiger partial charge is 0.508 e. The molecule has 0 saturated heterocycles. The molecule has 0 aliphatic carbocycles. The van der Waals surface area contributed by atoms with Gasteiger partial charge in [0.25, 0.3) is 0 Å². The minimum atomic E-state index is -0.760. The molecule has 0 aromatic heterocycles. The van der Waals surface area contributed by atoms with Crippen molar-refractivity contribution in [1.29, 1.82) is 0 Å². The molecule has 1 amide bonds. The van der Waals surface area contributed by atoms with E-state index in [0.717, 1.165) is 17.5 Å². The molecule has 192 valence electrons. The van der Waals surface area contributed by atoms with Crippen LogP contribution in [0, 0.1) is 0 Å². The van der Waals surface area contributed by atoms with Gasteiger partial charge in [0.2, 0.25) is 5.91 Å². The molecule has 0 fully saturated rings. The van der Waals surface area contributed by atoms with Gasteiger partial charge in [-0.3, -0.25) is 4.79 Å². The number of amides is 1. The Hall–Kier alpha value is -2.61. The summed E-state index contributed by atoms with van der Waals surface area (Å²) >= 11 is 12.3. The monoisotopic (exact) mass is 530 g/mol. The van der Waals surface area contributed by atoms with E-state index in [4.69, 9.17) is 23.2 Å². The fourth-order valence-corrected chi connectivity index (χ4v) is 4.47. The van der Waals surface area contributed by atoms with Gasteiger partial charge in [-0.05, 0) is 60.7 Å². The lowest BCUT2D eigenvalue weighted by Crippen LogP contribution is -2.32. The second kappa shape index (κ2) is 13.6. The number of phenols is 1. The van der Waals surface area contributed by atoms with Crippen LogP contribution in [0.15, 0.2) is 60.7 Å². The van der Waals surface area contributed by atoms with Crippen LogP contribution >= 0.6 is 23.2 Å². The third kappa shape index (κ3) is 8.22. The van der Waals surface area contributed by atoms with Gasteiger partial charge in [0, 0.05) is 46.7 Å². The number of nitrogens with one attached hydrogen (secondary N) is 2. The van der Waals surface area contributed by atoms with Crippen LogP contribution in [0.2, 0.25) is 10.0 Å². The maximum Gasteiger partial charge on any atom is 0.220 e. The molecule has 2 atom stereocenters. The summed E-state index contributed by atoms with van der Waals surface area (Å²) in [5.74, 6) is -0.0591. The van der Waals surface area contributed by atoms with E-state index in [9.17, 15) is 20.1 Å². The number of carbonyl (C=O) groups is 1. The van der Waals surface area contributed by atoms with E-state index >= 15 is 0 Å². The van der Waals surface area contributed by atoms with Crippen molar-refractivity contribution in [2.45, 2.75) is 51.5 Å². The molecule has 3 aromatic carbocycles. The first kappa shape index (κ1) is 28.0. The first-order valence-corrected chi connectivity index (χ1v) is 12.6. The molecule has 36 heavy (non-hydrogen) atoms. The topological polar surface area (TPSA) is 102 Å². The molecule has 6 nitrogen and oxygen atoms in total. The Morgan fingerprint density at radius 1 is 1.00 bits per heavy atom. The summed E-state index contributed by atoms with van der Waals surface area (Å²) in [4.78, 5) is 12.3. The van der Waals surface area contributed by atoms with Gasteiger partial charge < -0.3 is 26.0 Å². The Morgan fingerprint density at radius 3 is 2.42 bits per heavy atom. The van der Waals surface area contributed by atoms with Gasteiger partial charge in [0.1, 0.15) is 5.75 Å². The maximum absolute atomic E-state index is 12.3. The van der Waals surface area contributed by atoms with Crippen molar-refractivity contribution in [3.05, 3.63) is 98.5 Å². The standard InChI is InChI=1S/C28H32Cl2N2O4/c1-18(31-16-27(35)21-9-10-26(34)22(14-21)17-33)12-20-5-2-4-19(13-20)8-11-28(36)32-15-23-24(29)6-3-7-25(23)30/h2-7,9-10,13-14,18,27,31,33-35H,8,11-12,15-17H2,1H3,(H,32,36)/t18-,27+/m1/s1. The molecule has 5 N–H and O–H groups in total. The van der Waals surface area contributed by atoms with Gasteiger partial charge in [0.05, 0.1) is 12.7 Å². The van der Waals surface area contributed by atoms with Crippen LogP contribution < -0.4 is 10.6 Å². The van der Waals surface area contributed by atoms with Crippen molar-refractivity contribution in [1.82, 2.24) is 10.6 Å². The fraction of sp³-hybridized carbons (Fsp3) is 0.321. The Kier molecular flexibility index (Phi) is 10.6. The van der Waals surface area contributed by atoms with E-state index in [-0.39, 0.29) is 30.9 Å². The Morgan fingerprint density at radius 2 is 1.69 bits per heavy atom. The van der Waals surface area contributed by atoms with E-state index in [1.165, 1.54) is 6.07 Å². The molecular weight excluding hydrogens is 499 g/mol. The third-order valence-corrected chi connectivity index (χ3v) is 6.72. The summed E-state index contributed by atoms with van der Waals surface area (Å²) in [5, 5.41) is 36.8. The Bertz CT molecular complexity index is 1150. The molecule has 0 saturated carbocycles. The van der Waals surface area contributed by atoms with Crippen LogP contribution in [-0.4, -0.2) is 33.8 Å². The van der Waals surface area contributed by atoms with Gasteiger partial charge >= 0.3 is 0 Å². The average Bonchev–Trinajstić information content (AvgIpc) is 2.86. The Labute approximate surface area is 221 Å². The number of hydrogen-bond acceptors (Lipinski definition) is 5. The molecule has 8 heteroatoms. The number of aryl methyl sites for hydroxylation is 1. The lowest BCUT2D eigenvalue weighted by molar-refractivity contribution is -0.121. The van der Waals surface area contributed by atoms with E-state index in [2.05, 4.69) is 16.7 Å². The van der Waals surface area contributed by atoms with E-state index in [1.807, 2.05) is 25.1 Å². The number of aliphatic hydroxyl groups excluding tert-OH is 2. The number of rotatable bonds is 12. The number of benzene rings is 3. The molecule has 0 radical (unpaired) electrons. The van der Waals surface area contributed by atoms with Gasteiger partial charge in [-0.2, -0.15) is 0 Å². The second-order valence-corrected chi connectivity index (χ2v) is 9.69. The van der Waals surface area contributed by atoms with E-state index < -0.39 is 6.10 Å². The second-order valence-electron chi connectivity index (χ2n) is 8.87. The smallest absolute Gasteiger partial charge is 0.220 e. The van der Waals surface area contributed by atoms with Gasteiger partial charge in [-0.25, -0.2) is 0 Å². The number of hydrogen-bond donors (Lipinski definition) is 5. The molecule has 0 heterocycles. The summed E-state index contributed by atoms with van der Waals surface area (Å²) < 4.78 is 0. The van der Waals surface area contributed by atoms with Crippen molar-refractivity contribution < 1.29 is 20.1 Å². The zero-order valence-electron chi connectivity index (χ0n) is 20.2. The minimum absolute atomic E-state index is 0.0112. The zero-order valence-corrected chi connectivity index (χ0v) is 21.7. The molecule has 0 unspecified atom stereocenters. The minimum Gasteiger partial charge on any atom is -0.508 e. The van der Waals surface area contributed by atoms with E-state index in [1.54, 1.807) is 30.3 Å². The number of aliphatic hydroxyl groups is 2. The zero-order chi connectivity index (χ0) is 26.1. The summed E-state index contributed by atoms with van der Waals surface area (Å²) in [5.41, 5.74) is 3.94. The highest BCUT2D eigenvalue weighted by Gasteiger charge is 2.13. The third-order valence-electron chi connectivity index (χ3n) is 6.02. The quantitative estimate of drug-likeness (QED) is 0.233. The highest BCUT2D eigenvalue weighted by atomic mass is 35.5. The van der Waals surface area contributed by atoms with Crippen LogP contribution in [0.1, 0.15) is 47.3 Å². The van der Waals surface area contributed by atoms with Crippen molar-refractivity contribution in [3.63, 3.8) is 0 Å². The van der Waals surface area contributed by atoms with Gasteiger partial charge in [0.15, 0.2) is 0 Å². The molecule has 3 rings (SSSR count). The summed E-state index contributed by atoms with van der Waals surface area (Å²) in [6, 6.07) is 18.2. The lowest BCUT2D eigenvalue weighted by atomic mass is 10.0. The van der Waals surface area contributed by atoms with Gasteiger partial charge in [-0.15, -0.1) is 0 Å². The molecule has 3 aromatic rings. The predicted molar refractivity (Wildman–Crippen MR) is 143 cm³/mol. The van der Waals surface area contributed by atoms with Crippen LogP contribution in [-0.2, 0) is 30.8 Å². The Balaban J connectivity index is 1.45. The summed E-state index contributed by atoms with van der Waals surface area (Å²) in [6.07, 6.45) is 0.970. The van der Waals surface area contributed by atoms with Crippen LogP contribution in [0.4, 0.5) is 0 Å². The highest BCUT2D eigenvalue weighted by molar-refractivity contribution is 6.36. The lowest BCUT2D eigenvalue weighted by Gasteiger charge is -2.18. The summed E-state index contributed by atoms with van der Waals surface area (Å²) in [7, 11) is 0. The predicted octanol–water partition coefficient (Wildman–Crippen LogP) is 4.69. The fourth-order valence-electron chi connectivity index (χ4n) is 3.94. The van der Waals surface area contributed by atoms with Crippen molar-refractivity contribution in [2.24, 2.45) is 0 Å². The number of carbonyl (C=O) groups excluding carboxylic acids is 1. The van der Waals surface area contributed by atoms with Crippen LogP contribution in [0.3, 0.4) is 0 Å². The highest BCUT2D eigenvalue weighted by Crippen LogP contribution is 2.24. The van der Waals surface area contributed by atoms with E-state index in [0.29, 0.717) is 46.1 Å². The van der Waals surface area contributed by atoms with Crippen LogP contribution in [0.5, 0.6) is 5.75 Å². The molecule has 0 aliphatic rings. The van der Waals surface area contributed by atoms with Crippen molar-refractivity contribution in [3.8, 4) is 5.75 Å². The summed E-state index contributed by atoms with van der Waals surface area (Å²) in [6.45, 7) is 2.39. The van der Waals surface area contributed by atoms with Crippen molar-refractivity contribution >= 4 is 29.1 Å². The average molecular weight is 531 g/mol.